The fraction of sp³-hybridized carbons (Fsp3) is 0.750. The van der Waals surface area contributed by atoms with Gasteiger partial charge in [-0.05, 0) is 13.8 Å². The molecule has 0 N–H and O–H groups in total. The largest absolute Gasteiger partial charge is 0.481 e. The van der Waals surface area contributed by atoms with E-state index in [4.69, 9.17) is 9.47 Å². The number of hydrogen-bond acceptors (Lipinski definition) is 4. The molecule has 2 aliphatic heterocycles. The molecule has 0 amide bonds. The first-order valence-corrected chi connectivity index (χ1v) is 4.03. The quantitative estimate of drug-likeness (QED) is 0.576. The predicted octanol–water partition coefficient (Wildman–Crippen LogP) is 0.621. The molecule has 66 valence electrons. The molecular weight excluding hydrogens is 156 g/mol. The van der Waals surface area contributed by atoms with Crippen LogP contribution in [0.1, 0.15) is 13.8 Å². The SMILES string of the molecule is CC1(C)COC(C2COC=N2)=N1. The average Bonchev–Trinajstić information content (AvgIpc) is 2.55. The lowest BCUT2D eigenvalue weighted by Crippen LogP contribution is -2.20. The minimum atomic E-state index is -0.0898. The van der Waals surface area contributed by atoms with Crippen LogP contribution in [0.15, 0.2) is 9.98 Å². The summed E-state index contributed by atoms with van der Waals surface area (Å²) in [4.78, 5) is 8.48. The van der Waals surface area contributed by atoms with Gasteiger partial charge in [-0.2, -0.15) is 0 Å². The van der Waals surface area contributed by atoms with Gasteiger partial charge in [-0.3, -0.25) is 0 Å². The Hall–Kier alpha value is -1.06. The Morgan fingerprint density at radius 2 is 2.42 bits per heavy atom. The molecular formula is C8H12N2O2. The van der Waals surface area contributed by atoms with Crippen molar-refractivity contribution >= 4 is 12.3 Å². The van der Waals surface area contributed by atoms with Crippen molar-refractivity contribution in [3.63, 3.8) is 0 Å². The van der Waals surface area contributed by atoms with Crippen LogP contribution in [0.5, 0.6) is 0 Å². The Morgan fingerprint density at radius 1 is 1.58 bits per heavy atom. The third-order valence-corrected chi connectivity index (χ3v) is 1.84. The highest BCUT2D eigenvalue weighted by atomic mass is 16.5. The fourth-order valence-electron chi connectivity index (χ4n) is 1.21. The van der Waals surface area contributed by atoms with Gasteiger partial charge in [-0.1, -0.05) is 0 Å². The Balaban J connectivity index is 2.10. The van der Waals surface area contributed by atoms with Crippen LogP contribution in [0, 0.1) is 0 Å². The van der Waals surface area contributed by atoms with E-state index < -0.39 is 0 Å². The monoisotopic (exact) mass is 168 g/mol. The van der Waals surface area contributed by atoms with Crippen LogP contribution in [0.4, 0.5) is 0 Å². The summed E-state index contributed by atoms with van der Waals surface area (Å²) in [5.41, 5.74) is -0.0898. The Bertz CT molecular complexity index is 245. The first-order chi connectivity index (χ1) is 5.67. The zero-order valence-electron chi connectivity index (χ0n) is 7.28. The summed E-state index contributed by atoms with van der Waals surface area (Å²) in [6, 6.07) is -0.00762. The van der Waals surface area contributed by atoms with Crippen LogP contribution in [-0.4, -0.2) is 37.1 Å². The summed E-state index contributed by atoms with van der Waals surface area (Å²) < 4.78 is 10.4. The number of aliphatic imine (C=N–C) groups is 2. The molecule has 0 bridgehead atoms. The van der Waals surface area contributed by atoms with Crippen molar-refractivity contribution in [3.8, 4) is 0 Å². The topological polar surface area (TPSA) is 43.2 Å². The zero-order valence-corrected chi connectivity index (χ0v) is 7.28. The van der Waals surface area contributed by atoms with Crippen molar-refractivity contribution in [2.75, 3.05) is 13.2 Å². The third-order valence-electron chi connectivity index (χ3n) is 1.84. The van der Waals surface area contributed by atoms with E-state index in [1.165, 1.54) is 6.40 Å². The summed E-state index contributed by atoms with van der Waals surface area (Å²) in [5.74, 6) is 0.716. The molecule has 12 heavy (non-hydrogen) atoms. The lowest BCUT2D eigenvalue weighted by molar-refractivity contribution is 0.263. The van der Waals surface area contributed by atoms with Crippen LogP contribution in [-0.2, 0) is 9.47 Å². The number of rotatable bonds is 1. The molecule has 0 radical (unpaired) electrons. The maximum atomic E-state index is 5.41. The van der Waals surface area contributed by atoms with Gasteiger partial charge in [-0.25, -0.2) is 9.98 Å². The van der Waals surface area contributed by atoms with Crippen LogP contribution >= 0.6 is 0 Å². The summed E-state index contributed by atoms with van der Waals surface area (Å²) in [5, 5.41) is 0. The van der Waals surface area contributed by atoms with E-state index in [1.54, 1.807) is 0 Å². The van der Waals surface area contributed by atoms with Gasteiger partial charge < -0.3 is 9.47 Å². The molecule has 0 saturated carbocycles. The molecule has 2 rings (SSSR count). The zero-order chi connectivity index (χ0) is 8.60. The van der Waals surface area contributed by atoms with Gasteiger partial charge in [0, 0.05) is 0 Å². The van der Waals surface area contributed by atoms with Gasteiger partial charge >= 0.3 is 0 Å². The van der Waals surface area contributed by atoms with E-state index >= 15 is 0 Å². The Morgan fingerprint density at radius 3 is 2.92 bits per heavy atom. The van der Waals surface area contributed by atoms with Crippen molar-refractivity contribution in [2.45, 2.75) is 25.4 Å². The highest BCUT2D eigenvalue weighted by molar-refractivity contribution is 5.85. The summed E-state index contributed by atoms with van der Waals surface area (Å²) in [6.07, 6.45) is 1.46. The van der Waals surface area contributed by atoms with Gasteiger partial charge in [0.2, 0.25) is 5.90 Å². The lowest BCUT2D eigenvalue weighted by Gasteiger charge is -2.07. The highest BCUT2D eigenvalue weighted by Gasteiger charge is 2.32. The second-order valence-electron chi connectivity index (χ2n) is 3.65. The van der Waals surface area contributed by atoms with Gasteiger partial charge in [0.15, 0.2) is 12.4 Å². The van der Waals surface area contributed by atoms with Crippen LogP contribution in [0.25, 0.3) is 0 Å². The molecule has 0 aromatic rings. The lowest BCUT2D eigenvalue weighted by atomic mass is 10.1. The fourth-order valence-corrected chi connectivity index (χ4v) is 1.21. The van der Waals surface area contributed by atoms with Crippen molar-refractivity contribution in [2.24, 2.45) is 9.98 Å². The van der Waals surface area contributed by atoms with Crippen molar-refractivity contribution in [3.05, 3.63) is 0 Å². The molecule has 0 aromatic carbocycles. The van der Waals surface area contributed by atoms with E-state index in [0.717, 1.165) is 0 Å². The second kappa shape index (κ2) is 2.47. The standard InChI is InChI=1S/C8H12N2O2/c1-8(2)4-12-7(10-8)6-3-11-5-9-6/h5-6H,3-4H2,1-2H3. The van der Waals surface area contributed by atoms with Crippen LogP contribution in [0.3, 0.4) is 0 Å². The van der Waals surface area contributed by atoms with Crippen molar-refractivity contribution in [1.82, 2.24) is 0 Å². The highest BCUT2D eigenvalue weighted by Crippen LogP contribution is 2.20. The van der Waals surface area contributed by atoms with E-state index in [9.17, 15) is 0 Å². The molecule has 4 heteroatoms. The smallest absolute Gasteiger partial charge is 0.213 e. The third kappa shape index (κ3) is 1.29. The Labute approximate surface area is 71.3 Å². The van der Waals surface area contributed by atoms with Crippen molar-refractivity contribution in [1.29, 1.82) is 0 Å². The maximum Gasteiger partial charge on any atom is 0.213 e. The average molecular weight is 168 g/mol. The van der Waals surface area contributed by atoms with E-state index in [0.29, 0.717) is 19.1 Å². The predicted molar refractivity (Wildman–Crippen MR) is 45.7 cm³/mol. The molecule has 0 aliphatic carbocycles. The number of hydrogen-bond donors (Lipinski definition) is 0. The molecule has 2 aliphatic rings. The molecule has 4 nitrogen and oxygen atoms in total. The summed E-state index contributed by atoms with van der Waals surface area (Å²) >= 11 is 0. The van der Waals surface area contributed by atoms with E-state index in [1.807, 2.05) is 13.8 Å². The first-order valence-electron chi connectivity index (χ1n) is 4.03. The molecule has 0 saturated heterocycles. The second-order valence-corrected chi connectivity index (χ2v) is 3.65. The van der Waals surface area contributed by atoms with Gasteiger partial charge in [0.1, 0.15) is 13.2 Å². The molecule has 1 unspecified atom stereocenters. The minimum absolute atomic E-state index is 0.00762. The van der Waals surface area contributed by atoms with Gasteiger partial charge in [-0.15, -0.1) is 0 Å². The van der Waals surface area contributed by atoms with Gasteiger partial charge in [0.25, 0.3) is 0 Å². The molecule has 0 fully saturated rings. The van der Waals surface area contributed by atoms with E-state index in [2.05, 4.69) is 9.98 Å². The van der Waals surface area contributed by atoms with Crippen molar-refractivity contribution < 1.29 is 9.47 Å². The first kappa shape index (κ1) is 7.58. The summed E-state index contributed by atoms with van der Waals surface area (Å²) in [7, 11) is 0. The van der Waals surface area contributed by atoms with E-state index in [-0.39, 0.29) is 11.6 Å². The normalized spacial score (nSPS) is 31.2. The molecule has 1 atom stereocenters. The minimum Gasteiger partial charge on any atom is -0.481 e. The van der Waals surface area contributed by atoms with Crippen LogP contribution in [0.2, 0.25) is 0 Å². The molecule has 0 spiro atoms. The van der Waals surface area contributed by atoms with Crippen LogP contribution < -0.4 is 0 Å². The van der Waals surface area contributed by atoms with Gasteiger partial charge in [0.05, 0.1) is 5.54 Å². The number of nitrogens with zero attached hydrogens (tertiary/aromatic N) is 2. The molecule has 0 aromatic heterocycles. The maximum absolute atomic E-state index is 5.41. The molecule has 2 heterocycles. The summed E-state index contributed by atoms with van der Waals surface area (Å²) in [6.45, 7) is 5.29. The number of ether oxygens (including phenoxy) is 2. The Kier molecular flexibility index (Phi) is 1.56.